The van der Waals surface area contributed by atoms with Gasteiger partial charge in [-0.2, -0.15) is 0 Å². The number of hydrogen-bond acceptors (Lipinski definition) is 4. The van der Waals surface area contributed by atoms with Gasteiger partial charge in [0.2, 0.25) is 0 Å². The fourth-order valence-corrected chi connectivity index (χ4v) is 1.25. The van der Waals surface area contributed by atoms with E-state index in [-0.39, 0.29) is 23.6 Å². The van der Waals surface area contributed by atoms with E-state index in [0.717, 1.165) is 0 Å². The van der Waals surface area contributed by atoms with Gasteiger partial charge in [-0.15, -0.1) is 0 Å². The number of aromatic hydroxyl groups is 2. The zero-order valence-corrected chi connectivity index (χ0v) is 9.00. The van der Waals surface area contributed by atoms with Gasteiger partial charge in [0.1, 0.15) is 17.1 Å². The molecule has 7 nitrogen and oxygen atoms in total. The average Bonchev–Trinajstić information content (AvgIpc) is 2.28. The lowest BCUT2D eigenvalue weighted by Crippen LogP contribution is -2.25. The Hall–Kier alpha value is -2.40. The Bertz CT molecular complexity index is 435. The molecule has 0 radical (unpaired) electrons. The monoisotopic (exact) mass is 236 g/mol. The average molecular weight is 236 g/mol. The highest BCUT2D eigenvalue weighted by molar-refractivity contribution is 5.99. The minimum Gasteiger partial charge on any atom is -0.507 e. The Morgan fingerprint density at radius 2 is 2.06 bits per heavy atom. The van der Waals surface area contributed by atoms with Crippen molar-refractivity contribution in [1.29, 1.82) is 0 Å². The standard InChI is InChI=1S/C10H12N4O3/c11-14-13-6-2-5-12-10(17)9-7(15)3-1-4-8(9)16/h1,3-4,15-16H,2,5-6H2,(H,12,17). The first-order chi connectivity index (χ1) is 8.16. The van der Waals surface area contributed by atoms with Crippen LogP contribution in [-0.4, -0.2) is 29.2 Å². The first kappa shape index (κ1) is 12.7. The van der Waals surface area contributed by atoms with E-state index in [1.165, 1.54) is 18.2 Å². The quantitative estimate of drug-likeness (QED) is 0.311. The third-order valence-corrected chi connectivity index (χ3v) is 2.03. The molecule has 1 aromatic carbocycles. The fourth-order valence-electron chi connectivity index (χ4n) is 1.25. The van der Waals surface area contributed by atoms with Crippen LogP contribution in [-0.2, 0) is 0 Å². The van der Waals surface area contributed by atoms with E-state index in [2.05, 4.69) is 15.3 Å². The Morgan fingerprint density at radius 3 is 2.65 bits per heavy atom. The number of azide groups is 1. The minimum atomic E-state index is -0.568. The Balaban J connectivity index is 2.55. The van der Waals surface area contributed by atoms with Crippen molar-refractivity contribution in [2.24, 2.45) is 5.11 Å². The number of hydrogen-bond donors (Lipinski definition) is 3. The van der Waals surface area contributed by atoms with E-state index in [9.17, 15) is 15.0 Å². The van der Waals surface area contributed by atoms with Gasteiger partial charge in [-0.3, -0.25) is 4.79 Å². The zero-order chi connectivity index (χ0) is 12.7. The van der Waals surface area contributed by atoms with Crippen molar-refractivity contribution >= 4 is 5.91 Å². The van der Waals surface area contributed by atoms with E-state index in [1.54, 1.807) is 0 Å². The van der Waals surface area contributed by atoms with Crippen LogP contribution in [0.15, 0.2) is 23.3 Å². The van der Waals surface area contributed by atoms with Crippen LogP contribution in [0.1, 0.15) is 16.8 Å². The Morgan fingerprint density at radius 1 is 1.41 bits per heavy atom. The molecule has 0 saturated heterocycles. The normalized spacial score (nSPS) is 9.41. The van der Waals surface area contributed by atoms with Gasteiger partial charge >= 0.3 is 0 Å². The second-order valence-electron chi connectivity index (χ2n) is 3.24. The van der Waals surface area contributed by atoms with Gasteiger partial charge in [-0.05, 0) is 24.1 Å². The molecule has 1 amide bonds. The van der Waals surface area contributed by atoms with Gasteiger partial charge in [0, 0.05) is 18.0 Å². The maximum absolute atomic E-state index is 11.6. The van der Waals surface area contributed by atoms with Gasteiger partial charge in [0.05, 0.1) is 0 Å². The Labute approximate surface area is 97.3 Å². The number of phenols is 2. The number of benzene rings is 1. The van der Waals surface area contributed by atoms with Crippen molar-refractivity contribution < 1.29 is 15.0 Å². The predicted octanol–water partition coefficient (Wildman–Crippen LogP) is 1.53. The number of carbonyl (C=O) groups is 1. The van der Waals surface area contributed by atoms with Gasteiger partial charge in [-0.1, -0.05) is 11.2 Å². The molecule has 0 aliphatic rings. The maximum atomic E-state index is 11.6. The first-order valence-corrected chi connectivity index (χ1v) is 4.97. The summed E-state index contributed by atoms with van der Waals surface area (Å²) >= 11 is 0. The Kier molecular flexibility index (Phi) is 4.65. The fraction of sp³-hybridized carbons (Fsp3) is 0.300. The van der Waals surface area contributed by atoms with E-state index in [4.69, 9.17) is 5.53 Å². The molecule has 90 valence electrons. The van der Waals surface area contributed by atoms with Gasteiger partial charge in [0.15, 0.2) is 0 Å². The molecular weight excluding hydrogens is 224 g/mol. The van der Waals surface area contributed by atoms with Crippen LogP contribution >= 0.6 is 0 Å². The minimum absolute atomic E-state index is 0.156. The summed E-state index contributed by atoms with van der Waals surface area (Å²) < 4.78 is 0. The molecule has 0 aliphatic heterocycles. The van der Waals surface area contributed by atoms with Crippen LogP contribution in [0.4, 0.5) is 0 Å². The van der Waals surface area contributed by atoms with Crippen LogP contribution in [0, 0.1) is 0 Å². The topological polar surface area (TPSA) is 118 Å². The van der Waals surface area contributed by atoms with Gasteiger partial charge in [-0.25, -0.2) is 0 Å². The lowest BCUT2D eigenvalue weighted by molar-refractivity contribution is 0.0948. The molecule has 7 heteroatoms. The highest BCUT2D eigenvalue weighted by Crippen LogP contribution is 2.25. The van der Waals surface area contributed by atoms with Crippen LogP contribution < -0.4 is 5.32 Å². The molecule has 0 bridgehead atoms. The number of carbonyl (C=O) groups excluding carboxylic acids is 1. The summed E-state index contributed by atoms with van der Waals surface area (Å²) in [4.78, 5) is 14.2. The summed E-state index contributed by atoms with van der Waals surface area (Å²) in [5, 5.41) is 24.6. The first-order valence-electron chi connectivity index (χ1n) is 4.97. The molecule has 0 aromatic heterocycles. The summed E-state index contributed by atoms with van der Waals surface area (Å²) in [6.45, 7) is 0.579. The molecule has 0 unspecified atom stereocenters. The molecule has 0 spiro atoms. The molecule has 17 heavy (non-hydrogen) atoms. The number of rotatable bonds is 5. The van der Waals surface area contributed by atoms with E-state index in [0.29, 0.717) is 13.0 Å². The summed E-state index contributed by atoms with van der Waals surface area (Å²) in [6.07, 6.45) is 0.490. The lowest BCUT2D eigenvalue weighted by Gasteiger charge is -2.07. The van der Waals surface area contributed by atoms with E-state index < -0.39 is 5.91 Å². The molecule has 0 aliphatic carbocycles. The van der Waals surface area contributed by atoms with Gasteiger partial charge in [0.25, 0.3) is 5.91 Å². The summed E-state index contributed by atoms with van der Waals surface area (Å²) in [6, 6.07) is 4.06. The molecule has 1 aromatic rings. The van der Waals surface area contributed by atoms with Crippen molar-refractivity contribution in [3.63, 3.8) is 0 Å². The number of nitrogens with one attached hydrogen (secondary N) is 1. The molecule has 3 N–H and O–H groups in total. The van der Waals surface area contributed by atoms with Crippen molar-refractivity contribution in [1.82, 2.24) is 5.32 Å². The molecular formula is C10H12N4O3. The molecule has 0 atom stereocenters. The van der Waals surface area contributed by atoms with Crippen LogP contribution in [0.5, 0.6) is 11.5 Å². The number of nitrogens with zero attached hydrogens (tertiary/aromatic N) is 3. The van der Waals surface area contributed by atoms with E-state index in [1.807, 2.05) is 0 Å². The summed E-state index contributed by atoms with van der Waals surface area (Å²) in [5.74, 6) is -1.13. The van der Waals surface area contributed by atoms with Crippen molar-refractivity contribution in [2.75, 3.05) is 13.1 Å². The third-order valence-electron chi connectivity index (χ3n) is 2.03. The van der Waals surface area contributed by atoms with Crippen LogP contribution in [0.25, 0.3) is 10.4 Å². The van der Waals surface area contributed by atoms with E-state index >= 15 is 0 Å². The highest BCUT2D eigenvalue weighted by Gasteiger charge is 2.14. The smallest absolute Gasteiger partial charge is 0.258 e. The van der Waals surface area contributed by atoms with Crippen molar-refractivity contribution in [3.05, 3.63) is 34.2 Å². The third kappa shape index (κ3) is 3.58. The zero-order valence-electron chi connectivity index (χ0n) is 9.00. The largest absolute Gasteiger partial charge is 0.507 e. The van der Waals surface area contributed by atoms with Crippen LogP contribution in [0.3, 0.4) is 0 Å². The van der Waals surface area contributed by atoms with Crippen molar-refractivity contribution in [2.45, 2.75) is 6.42 Å². The molecule has 1 rings (SSSR count). The summed E-state index contributed by atoms with van der Waals surface area (Å²) in [7, 11) is 0. The number of phenolic OH excluding ortho intramolecular Hbond substituents is 2. The second-order valence-corrected chi connectivity index (χ2v) is 3.24. The summed E-state index contributed by atoms with van der Waals surface area (Å²) in [5.41, 5.74) is 7.87. The maximum Gasteiger partial charge on any atom is 0.258 e. The molecule has 0 heterocycles. The van der Waals surface area contributed by atoms with Crippen molar-refractivity contribution in [3.8, 4) is 11.5 Å². The van der Waals surface area contributed by atoms with Crippen LogP contribution in [0.2, 0.25) is 0 Å². The molecule has 0 saturated carbocycles. The number of amides is 1. The highest BCUT2D eigenvalue weighted by atomic mass is 16.3. The molecule has 0 fully saturated rings. The lowest BCUT2D eigenvalue weighted by atomic mass is 10.1. The predicted molar refractivity (Wildman–Crippen MR) is 60.7 cm³/mol. The SMILES string of the molecule is [N-]=[N+]=NCCCNC(=O)c1c(O)cccc1O. The van der Waals surface area contributed by atoms with Gasteiger partial charge < -0.3 is 15.5 Å². The second kappa shape index (κ2) is 6.24.